The third-order valence-electron chi connectivity index (χ3n) is 6.49. The molecule has 0 amide bonds. The lowest BCUT2D eigenvalue weighted by Gasteiger charge is -2.41. The highest BCUT2D eigenvalue weighted by Gasteiger charge is 2.31. The minimum atomic E-state index is -3.65. The molecule has 4 heterocycles. The van der Waals surface area contributed by atoms with Crippen LogP contribution in [0.25, 0.3) is 21.9 Å². The number of sulfonamides is 1. The summed E-state index contributed by atoms with van der Waals surface area (Å²) in [7, 11) is -0.769. The van der Waals surface area contributed by atoms with Gasteiger partial charge in [0.1, 0.15) is 30.4 Å². The van der Waals surface area contributed by atoms with Gasteiger partial charge in [0, 0.05) is 37.3 Å². The number of fused-ring (bicyclic) bond motifs is 1. The van der Waals surface area contributed by atoms with E-state index < -0.39 is 10.0 Å². The maximum atomic E-state index is 12.5. The van der Waals surface area contributed by atoms with Gasteiger partial charge in [0.05, 0.1) is 57.0 Å². The van der Waals surface area contributed by atoms with Crippen molar-refractivity contribution in [3.63, 3.8) is 0 Å². The first-order chi connectivity index (χ1) is 18.0. The zero-order chi connectivity index (χ0) is 25.8. The van der Waals surface area contributed by atoms with Crippen LogP contribution in [0.5, 0.6) is 11.6 Å². The number of aromatic nitrogens is 1. The number of nitrogens with zero attached hydrogens (tertiary/aromatic N) is 2. The van der Waals surface area contributed by atoms with Gasteiger partial charge in [-0.15, -0.1) is 0 Å². The van der Waals surface area contributed by atoms with Crippen molar-refractivity contribution in [2.24, 2.45) is 0 Å². The molecular formula is C25H31N3O8S. The van der Waals surface area contributed by atoms with Crippen LogP contribution in [0.4, 0.5) is 5.69 Å². The molecule has 0 radical (unpaired) electrons. The molecule has 200 valence electrons. The van der Waals surface area contributed by atoms with E-state index in [2.05, 4.69) is 14.6 Å². The molecule has 0 spiro atoms. The van der Waals surface area contributed by atoms with Crippen LogP contribution in [0.15, 0.2) is 41.3 Å². The fraction of sp³-hybridized carbons (Fsp3) is 0.480. The number of nitrogens with one attached hydrogen (secondary N) is 1. The molecule has 3 aromatic rings. The van der Waals surface area contributed by atoms with Gasteiger partial charge in [-0.1, -0.05) is 0 Å². The Balaban J connectivity index is 1.37. The number of rotatable bonds is 11. The van der Waals surface area contributed by atoms with E-state index in [1.807, 2.05) is 12.1 Å². The average molecular weight is 534 g/mol. The Hall–Kier alpha value is -2.90. The first kappa shape index (κ1) is 25.7. The standard InChI is InChI=1S/C25H31N3O8S/c1-31-5-6-37(29,30)27-23-8-18(10-26-25(23)32-2)17-7-19-12-33-16-22(19)24(9-17)36-15-21-11-28(3-4-35-21)20-13-34-14-20/h7-10,12,16,20-21,27H,3-6,11,13-15H2,1-2H3/t21-/m1/s1. The van der Waals surface area contributed by atoms with Crippen LogP contribution in [-0.2, 0) is 24.2 Å². The van der Waals surface area contributed by atoms with Crippen molar-refractivity contribution in [2.75, 3.05) is 70.8 Å². The summed E-state index contributed by atoms with van der Waals surface area (Å²) in [5, 5.41) is 1.69. The molecular weight excluding hydrogens is 502 g/mol. The zero-order valence-corrected chi connectivity index (χ0v) is 21.7. The van der Waals surface area contributed by atoms with Crippen molar-refractivity contribution in [2.45, 2.75) is 12.1 Å². The molecule has 2 aromatic heterocycles. The number of hydrogen-bond donors (Lipinski definition) is 1. The van der Waals surface area contributed by atoms with E-state index in [0.29, 0.717) is 30.6 Å². The van der Waals surface area contributed by atoms with Crippen molar-refractivity contribution in [3.05, 3.63) is 36.9 Å². The normalized spacial score (nSPS) is 19.0. The highest BCUT2D eigenvalue weighted by molar-refractivity contribution is 7.92. The third kappa shape index (κ3) is 5.99. The molecule has 0 aliphatic carbocycles. The monoisotopic (exact) mass is 533 g/mol. The lowest BCUT2D eigenvalue weighted by Crippen LogP contribution is -2.56. The van der Waals surface area contributed by atoms with E-state index in [1.165, 1.54) is 14.2 Å². The summed E-state index contributed by atoms with van der Waals surface area (Å²) in [6.45, 7) is 4.34. The summed E-state index contributed by atoms with van der Waals surface area (Å²) < 4.78 is 60.6. The highest BCUT2D eigenvalue weighted by atomic mass is 32.2. The number of ether oxygens (including phenoxy) is 5. The summed E-state index contributed by atoms with van der Waals surface area (Å²) in [6, 6.07) is 5.97. The Labute approximate surface area is 215 Å². The number of benzene rings is 1. The van der Waals surface area contributed by atoms with Crippen LogP contribution < -0.4 is 14.2 Å². The van der Waals surface area contributed by atoms with Crippen LogP contribution >= 0.6 is 0 Å². The molecule has 0 saturated carbocycles. The van der Waals surface area contributed by atoms with Gasteiger partial charge in [-0.25, -0.2) is 13.4 Å². The Morgan fingerprint density at radius 2 is 2.03 bits per heavy atom. The lowest BCUT2D eigenvalue weighted by atomic mass is 10.0. The number of hydrogen-bond acceptors (Lipinski definition) is 10. The third-order valence-corrected chi connectivity index (χ3v) is 7.72. The summed E-state index contributed by atoms with van der Waals surface area (Å²) >= 11 is 0. The second kappa shape index (κ2) is 11.2. The van der Waals surface area contributed by atoms with E-state index >= 15 is 0 Å². The molecule has 5 rings (SSSR count). The van der Waals surface area contributed by atoms with Crippen molar-refractivity contribution < 1.29 is 36.5 Å². The number of furan rings is 1. The molecule has 2 aliphatic rings. The van der Waals surface area contributed by atoms with Crippen molar-refractivity contribution in [3.8, 4) is 22.8 Å². The number of pyridine rings is 1. The first-order valence-electron chi connectivity index (χ1n) is 12.1. The largest absolute Gasteiger partial charge is 0.490 e. The maximum absolute atomic E-state index is 12.5. The van der Waals surface area contributed by atoms with Crippen LogP contribution in [0.2, 0.25) is 0 Å². The van der Waals surface area contributed by atoms with Gasteiger partial charge in [-0.3, -0.25) is 9.62 Å². The van der Waals surface area contributed by atoms with Crippen molar-refractivity contribution >= 4 is 26.5 Å². The number of methoxy groups -OCH3 is 2. The SMILES string of the molecule is COCCS(=O)(=O)Nc1cc(-c2cc(OC[C@H]3CN(C4COC4)CCO3)c3cocc3c2)cnc1OC. The quantitative estimate of drug-likeness (QED) is 0.393. The smallest absolute Gasteiger partial charge is 0.238 e. The van der Waals surface area contributed by atoms with Gasteiger partial charge in [-0.05, 0) is 23.8 Å². The van der Waals surface area contributed by atoms with Gasteiger partial charge in [0.15, 0.2) is 0 Å². The van der Waals surface area contributed by atoms with Crippen molar-refractivity contribution in [1.82, 2.24) is 9.88 Å². The van der Waals surface area contributed by atoms with E-state index in [-0.39, 0.29) is 30.0 Å². The number of anilines is 1. The lowest BCUT2D eigenvalue weighted by molar-refractivity contribution is -0.119. The topological polar surface area (TPSA) is 122 Å². The Bertz CT molecular complexity index is 1320. The van der Waals surface area contributed by atoms with E-state index in [0.717, 1.165) is 42.6 Å². The van der Waals surface area contributed by atoms with Crippen LogP contribution in [0, 0.1) is 0 Å². The predicted molar refractivity (Wildman–Crippen MR) is 137 cm³/mol. The molecule has 0 unspecified atom stereocenters. The second-order valence-electron chi connectivity index (χ2n) is 9.03. The molecule has 1 atom stereocenters. The molecule has 1 aromatic carbocycles. The molecule has 37 heavy (non-hydrogen) atoms. The molecule has 2 fully saturated rings. The van der Waals surface area contributed by atoms with E-state index in [1.54, 1.807) is 24.8 Å². The molecule has 2 saturated heterocycles. The predicted octanol–water partition coefficient (Wildman–Crippen LogP) is 2.37. The maximum Gasteiger partial charge on any atom is 0.238 e. The minimum Gasteiger partial charge on any atom is -0.490 e. The van der Waals surface area contributed by atoms with E-state index in [4.69, 9.17) is 28.1 Å². The fourth-order valence-electron chi connectivity index (χ4n) is 4.38. The summed E-state index contributed by atoms with van der Waals surface area (Å²) in [5.74, 6) is 0.623. The summed E-state index contributed by atoms with van der Waals surface area (Å²) in [5.41, 5.74) is 1.71. The zero-order valence-electron chi connectivity index (χ0n) is 20.8. The van der Waals surface area contributed by atoms with Crippen LogP contribution in [-0.4, -0.2) is 96.5 Å². The molecule has 12 heteroatoms. The Kier molecular flexibility index (Phi) is 7.81. The highest BCUT2D eigenvalue weighted by Crippen LogP contribution is 2.36. The van der Waals surface area contributed by atoms with Gasteiger partial charge < -0.3 is 28.1 Å². The first-order valence-corrected chi connectivity index (χ1v) is 13.7. The summed E-state index contributed by atoms with van der Waals surface area (Å²) in [4.78, 5) is 6.70. The Morgan fingerprint density at radius 3 is 2.78 bits per heavy atom. The molecule has 0 bridgehead atoms. The van der Waals surface area contributed by atoms with Crippen LogP contribution in [0.3, 0.4) is 0 Å². The van der Waals surface area contributed by atoms with Gasteiger partial charge >= 0.3 is 0 Å². The Morgan fingerprint density at radius 1 is 1.16 bits per heavy atom. The van der Waals surface area contributed by atoms with Gasteiger partial charge in [0.25, 0.3) is 0 Å². The summed E-state index contributed by atoms with van der Waals surface area (Å²) in [6.07, 6.45) is 4.86. The molecule has 1 N–H and O–H groups in total. The second-order valence-corrected chi connectivity index (χ2v) is 10.9. The van der Waals surface area contributed by atoms with E-state index in [9.17, 15) is 8.42 Å². The number of morpholine rings is 1. The molecule has 11 nitrogen and oxygen atoms in total. The molecule has 2 aliphatic heterocycles. The fourth-order valence-corrected chi connectivity index (χ4v) is 5.35. The van der Waals surface area contributed by atoms with Crippen molar-refractivity contribution in [1.29, 1.82) is 0 Å². The van der Waals surface area contributed by atoms with Gasteiger partial charge in [0.2, 0.25) is 15.9 Å². The van der Waals surface area contributed by atoms with Gasteiger partial charge in [-0.2, -0.15) is 0 Å². The van der Waals surface area contributed by atoms with Crippen LogP contribution in [0.1, 0.15) is 0 Å². The minimum absolute atomic E-state index is 0.0595. The average Bonchev–Trinajstić information content (AvgIpc) is 3.34.